The van der Waals surface area contributed by atoms with Gasteiger partial charge in [0, 0.05) is 37.8 Å². The molecule has 0 unspecified atom stereocenters. The first-order valence-corrected chi connectivity index (χ1v) is 11.8. The van der Waals surface area contributed by atoms with E-state index in [0.29, 0.717) is 6.54 Å². The second kappa shape index (κ2) is 10.6. The van der Waals surface area contributed by atoms with E-state index in [1.165, 1.54) is 11.0 Å². The molecule has 0 saturated carbocycles. The first-order chi connectivity index (χ1) is 14.8. The van der Waals surface area contributed by atoms with Crippen LogP contribution in [0.1, 0.15) is 16.7 Å². The summed E-state index contributed by atoms with van der Waals surface area (Å²) in [6.07, 6.45) is 1.51. The molecular formula is C23H29N3O4S. The molecule has 0 aliphatic carbocycles. The molecule has 8 heteroatoms. The minimum Gasteiger partial charge on any atom is -0.378 e. The summed E-state index contributed by atoms with van der Waals surface area (Å²) in [5.74, 6) is -0.301. The van der Waals surface area contributed by atoms with Crippen molar-refractivity contribution in [1.29, 1.82) is 0 Å². The van der Waals surface area contributed by atoms with Crippen LogP contribution in [0, 0.1) is 6.92 Å². The number of hydrogen-bond acceptors (Lipinski definition) is 5. The van der Waals surface area contributed by atoms with E-state index in [1.807, 2.05) is 55.5 Å². The third-order valence-corrected chi connectivity index (χ3v) is 6.14. The highest BCUT2D eigenvalue weighted by Crippen LogP contribution is 2.17. The Hall–Kier alpha value is -2.68. The average molecular weight is 444 g/mol. The topological polar surface area (TPSA) is 79.0 Å². The fourth-order valence-electron chi connectivity index (χ4n) is 3.19. The first-order valence-electron chi connectivity index (χ1n) is 10.2. The molecule has 0 atom stereocenters. The Kier molecular flexibility index (Phi) is 7.84. The van der Waals surface area contributed by atoms with Crippen LogP contribution >= 0.6 is 0 Å². The number of nitrogens with zero attached hydrogens (tertiary/aromatic N) is 2. The number of nitrogens with one attached hydrogen (secondary N) is 1. The van der Waals surface area contributed by atoms with Crippen LogP contribution in [0.25, 0.3) is 6.08 Å². The first kappa shape index (κ1) is 23.0. The summed E-state index contributed by atoms with van der Waals surface area (Å²) in [6, 6.07) is 15.5. The number of hydrogen-bond donors (Lipinski definition) is 1. The molecule has 3 rings (SSSR count). The molecule has 7 nitrogen and oxygen atoms in total. The van der Waals surface area contributed by atoms with Gasteiger partial charge in [-0.05, 0) is 36.3 Å². The van der Waals surface area contributed by atoms with Gasteiger partial charge in [-0.1, -0.05) is 42.0 Å². The summed E-state index contributed by atoms with van der Waals surface area (Å²) in [7, 11) is -2.04. The zero-order valence-electron chi connectivity index (χ0n) is 18.0. The molecule has 1 aliphatic rings. The second-order valence-corrected chi connectivity index (χ2v) is 9.25. The molecular weight excluding hydrogens is 414 g/mol. The summed E-state index contributed by atoms with van der Waals surface area (Å²) in [6.45, 7) is 5.29. The lowest BCUT2D eigenvalue weighted by molar-refractivity contribution is -0.129. The number of benzene rings is 2. The maximum Gasteiger partial charge on any atom is 0.237 e. The number of likely N-dealkylation sites (N-methyl/N-ethyl adjacent to an activating group) is 1. The highest BCUT2D eigenvalue weighted by atomic mass is 32.2. The van der Waals surface area contributed by atoms with Gasteiger partial charge in [-0.3, -0.25) is 4.79 Å². The van der Waals surface area contributed by atoms with E-state index in [0.717, 1.165) is 54.1 Å². The number of sulfonamides is 1. The number of rotatable bonds is 8. The molecule has 166 valence electrons. The standard InChI is InChI=1S/C23H29N3O4S/c1-19-3-5-20(6-4-19)11-16-31(28,29)24-17-23(27)25(2)18-21-7-9-22(10-8-21)26-12-14-30-15-13-26/h3-11,16,24H,12-15,17-18H2,1-2H3. The smallest absolute Gasteiger partial charge is 0.237 e. The van der Waals surface area contributed by atoms with Crippen molar-refractivity contribution in [1.82, 2.24) is 9.62 Å². The average Bonchev–Trinajstić information content (AvgIpc) is 2.78. The number of anilines is 1. The van der Waals surface area contributed by atoms with E-state index in [4.69, 9.17) is 4.74 Å². The summed E-state index contributed by atoms with van der Waals surface area (Å²) in [5, 5.41) is 1.08. The molecule has 2 aromatic carbocycles. The van der Waals surface area contributed by atoms with Crippen LogP contribution < -0.4 is 9.62 Å². The largest absolute Gasteiger partial charge is 0.378 e. The molecule has 1 aliphatic heterocycles. The van der Waals surface area contributed by atoms with Crippen LogP contribution in [0.3, 0.4) is 0 Å². The van der Waals surface area contributed by atoms with Crippen LogP contribution in [-0.2, 0) is 26.1 Å². The zero-order valence-corrected chi connectivity index (χ0v) is 18.8. The van der Waals surface area contributed by atoms with Gasteiger partial charge in [0.25, 0.3) is 0 Å². The van der Waals surface area contributed by atoms with Crippen molar-refractivity contribution in [3.63, 3.8) is 0 Å². The van der Waals surface area contributed by atoms with Crippen LogP contribution in [0.5, 0.6) is 0 Å². The highest BCUT2D eigenvalue weighted by molar-refractivity contribution is 7.92. The summed E-state index contributed by atoms with van der Waals surface area (Å²) in [4.78, 5) is 16.1. The molecule has 0 aromatic heterocycles. The molecule has 0 spiro atoms. The molecule has 1 fully saturated rings. The van der Waals surface area contributed by atoms with Gasteiger partial charge in [-0.2, -0.15) is 0 Å². The predicted octanol–water partition coefficient (Wildman–Crippen LogP) is 2.38. The normalized spacial score (nSPS) is 14.7. The molecule has 0 bridgehead atoms. The Bertz CT molecular complexity index is 996. The van der Waals surface area contributed by atoms with E-state index >= 15 is 0 Å². The number of morpholine rings is 1. The molecule has 0 radical (unpaired) electrons. The van der Waals surface area contributed by atoms with Gasteiger partial charge in [0.05, 0.1) is 19.8 Å². The van der Waals surface area contributed by atoms with Gasteiger partial charge < -0.3 is 14.5 Å². The minimum absolute atomic E-state index is 0.289. The Morgan fingerprint density at radius 2 is 1.74 bits per heavy atom. The van der Waals surface area contributed by atoms with Crippen molar-refractivity contribution in [3.05, 3.63) is 70.6 Å². The lowest BCUT2D eigenvalue weighted by Gasteiger charge is -2.29. The van der Waals surface area contributed by atoms with Gasteiger partial charge in [-0.25, -0.2) is 13.1 Å². The van der Waals surface area contributed by atoms with Crippen molar-refractivity contribution in [2.45, 2.75) is 13.5 Å². The molecule has 1 heterocycles. The molecule has 2 aromatic rings. The summed E-state index contributed by atoms with van der Waals surface area (Å²) < 4.78 is 32.0. The fourth-order valence-corrected chi connectivity index (χ4v) is 3.94. The summed E-state index contributed by atoms with van der Waals surface area (Å²) >= 11 is 0. The number of ether oxygens (including phenoxy) is 1. The van der Waals surface area contributed by atoms with Gasteiger partial charge in [0.1, 0.15) is 0 Å². The van der Waals surface area contributed by atoms with Crippen LogP contribution in [0.2, 0.25) is 0 Å². The quantitative estimate of drug-likeness (QED) is 0.678. The van der Waals surface area contributed by atoms with E-state index in [-0.39, 0.29) is 12.5 Å². The number of carbonyl (C=O) groups excluding carboxylic acids is 1. The Morgan fingerprint density at radius 3 is 2.39 bits per heavy atom. The van der Waals surface area contributed by atoms with Crippen LogP contribution in [-0.4, -0.2) is 59.1 Å². The van der Waals surface area contributed by atoms with Crippen LogP contribution in [0.15, 0.2) is 53.9 Å². The van der Waals surface area contributed by atoms with Gasteiger partial charge >= 0.3 is 0 Å². The van der Waals surface area contributed by atoms with Gasteiger partial charge in [0.15, 0.2) is 0 Å². The van der Waals surface area contributed by atoms with Gasteiger partial charge in [0.2, 0.25) is 15.9 Å². The molecule has 1 saturated heterocycles. The SMILES string of the molecule is Cc1ccc(C=CS(=O)(=O)NCC(=O)N(C)Cc2ccc(N3CCOCC3)cc2)cc1. The van der Waals surface area contributed by atoms with Crippen molar-refractivity contribution >= 4 is 27.7 Å². The monoisotopic (exact) mass is 443 g/mol. The maximum atomic E-state index is 12.4. The number of amides is 1. The zero-order chi connectivity index (χ0) is 22.3. The van der Waals surface area contributed by atoms with Crippen molar-refractivity contribution in [2.24, 2.45) is 0 Å². The summed E-state index contributed by atoms with van der Waals surface area (Å²) in [5.41, 5.74) is 3.99. The van der Waals surface area contributed by atoms with E-state index in [2.05, 4.69) is 9.62 Å². The Labute approximate surface area is 184 Å². The van der Waals surface area contributed by atoms with Crippen molar-refractivity contribution in [2.75, 3.05) is 44.8 Å². The van der Waals surface area contributed by atoms with Gasteiger partial charge in [-0.15, -0.1) is 0 Å². The Morgan fingerprint density at radius 1 is 1.10 bits per heavy atom. The minimum atomic E-state index is -3.70. The Balaban J connectivity index is 1.48. The predicted molar refractivity (Wildman–Crippen MR) is 123 cm³/mol. The van der Waals surface area contributed by atoms with E-state index in [9.17, 15) is 13.2 Å². The second-order valence-electron chi connectivity index (χ2n) is 7.60. The third kappa shape index (κ3) is 7.20. The molecule has 31 heavy (non-hydrogen) atoms. The lowest BCUT2D eigenvalue weighted by atomic mass is 10.1. The van der Waals surface area contributed by atoms with Crippen LogP contribution in [0.4, 0.5) is 5.69 Å². The maximum absolute atomic E-state index is 12.4. The third-order valence-electron chi connectivity index (χ3n) is 5.10. The van der Waals surface area contributed by atoms with Crippen molar-refractivity contribution in [3.8, 4) is 0 Å². The molecule has 1 N–H and O–H groups in total. The highest BCUT2D eigenvalue weighted by Gasteiger charge is 2.14. The van der Waals surface area contributed by atoms with Crippen molar-refractivity contribution < 1.29 is 17.9 Å². The lowest BCUT2D eigenvalue weighted by Crippen LogP contribution is -2.37. The molecule has 1 amide bonds. The fraction of sp³-hybridized carbons (Fsp3) is 0.348. The number of aryl methyl sites for hydroxylation is 1. The van der Waals surface area contributed by atoms with E-state index < -0.39 is 10.0 Å². The number of carbonyl (C=O) groups is 1. The van der Waals surface area contributed by atoms with E-state index in [1.54, 1.807) is 7.05 Å².